The van der Waals surface area contributed by atoms with Crippen molar-refractivity contribution < 1.29 is 9.90 Å². The Balaban J connectivity index is 1.74. The van der Waals surface area contributed by atoms with E-state index in [-0.39, 0.29) is 0 Å². The number of aromatic amines is 1. The molecule has 2 heterocycles. The summed E-state index contributed by atoms with van der Waals surface area (Å²) in [5, 5.41) is 9.67. The van der Waals surface area contributed by atoms with Gasteiger partial charge >= 0.3 is 5.97 Å². The van der Waals surface area contributed by atoms with E-state index in [0.717, 1.165) is 13.1 Å². The molecule has 0 aliphatic carbocycles. The lowest BCUT2D eigenvalue weighted by molar-refractivity contribution is -0.144. The average Bonchev–Trinajstić information content (AvgIpc) is 2.87. The number of hydrogen-bond acceptors (Lipinski definition) is 4. The van der Waals surface area contributed by atoms with Crippen LogP contribution in [-0.2, 0) is 4.79 Å². The summed E-state index contributed by atoms with van der Waals surface area (Å²) in [6.07, 6.45) is 0. The second-order valence-electron chi connectivity index (χ2n) is 5.63. The molecule has 0 amide bonds. The third-order valence-electron chi connectivity index (χ3n) is 4.11. The number of aromatic nitrogens is 2. The number of aliphatic carboxylic acids is 1. The topological polar surface area (TPSA) is 72.5 Å². The summed E-state index contributed by atoms with van der Waals surface area (Å²) in [7, 11) is 0. The van der Waals surface area contributed by atoms with E-state index >= 15 is 0 Å². The van der Waals surface area contributed by atoms with Crippen molar-refractivity contribution in [2.75, 3.05) is 31.1 Å². The number of benzene rings is 1. The molecule has 1 fully saturated rings. The van der Waals surface area contributed by atoms with Crippen LogP contribution in [0.3, 0.4) is 0 Å². The van der Waals surface area contributed by atoms with Crippen molar-refractivity contribution in [3.05, 3.63) is 46.5 Å². The fourth-order valence-corrected chi connectivity index (χ4v) is 3.58. The number of nitrogens with zero attached hydrogens (tertiary/aromatic N) is 3. The number of nitrogens with one attached hydrogen (secondary N) is 1. The van der Waals surface area contributed by atoms with Gasteiger partial charge in [0, 0.05) is 31.9 Å². The van der Waals surface area contributed by atoms with E-state index in [2.05, 4.69) is 42.9 Å². The van der Waals surface area contributed by atoms with Crippen LogP contribution in [0.25, 0.3) is 0 Å². The first-order chi connectivity index (χ1) is 11.1. The van der Waals surface area contributed by atoms with Crippen molar-refractivity contribution >= 4 is 27.6 Å². The van der Waals surface area contributed by atoms with E-state index in [0.29, 0.717) is 29.2 Å². The predicted octanol–water partition coefficient (Wildman–Crippen LogP) is 2.43. The Hall–Kier alpha value is -1.86. The Morgan fingerprint density at radius 3 is 2.43 bits per heavy atom. The van der Waals surface area contributed by atoms with Crippen LogP contribution in [0.5, 0.6) is 0 Å². The maximum atomic E-state index is 11.8. The third-order valence-corrected chi connectivity index (χ3v) is 4.72. The smallest absolute Gasteiger partial charge is 0.327 e. The molecular weight excluding hydrogens is 360 g/mol. The van der Waals surface area contributed by atoms with Crippen LogP contribution in [0.1, 0.15) is 17.6 Å². The van der Waals surface area contributed by atoms with Crippen molar-refractivity contribution in [3.8, 4) is 0 Å². The number of imidazole rings is 1. The van der Waals surface area contributed by atoms with Gasteiger partial charge in [-0.05, 0) is 35.0 Å². The molecule has 1 unspecified atom stereocenters. The summed E-state index contributed by atoms with van der Waals surface area (Å²) < 4.78 is 0.577. The van der Waals surface area contributed by atoms with Crippen LogP contribution in [0.2, 0.25) is 0 Å². The van der Waals surface area contributed by atoms with E-state index in [1.807, 2.05) is 30.0 Å². The van der Waals surface area contributed by atoms with Crippen LogP contribution in [0.4, 0.5) is 5.69 Å². The second kappa shape index (κ2) is 6.72. The largest absolute Gasteiger partial charge is 0.480 e. The third kappa shape index (κ3) is 3.40. The monoisotopic (exact) mass is 378 g/mol. The first kappa shape index (κ1) is 16.0. The Morgan fingerprint density at radius 1 is 1.26 bits per heavy atom. The van der Waals surface area contributed by atoms with E-state index in [1.165, 1.54) is 5.69 Å². The Labute approximate surface area is 143 Å². The minimum Gasteiger partial charge on any atom is -0.480 e. The molecule has 1 aliphatic heterocycles. The van der Waals surface area contributed by atoms with Gasteiger partial charge in [0.1, 0.15) is 10.4 Å². The zero-order chi connectivity index (χ0) is 16.4. The highest BCUT2D eigenvalue weighted by Gasteiger charge is 2.33. The molecule has 6 nitrogen and oxygen atoms in total. The zero-order valence-corrected chi connectivity index (χ0v) is 14.5. The molecule has 122 valence electrons. The Morgan fingerprint density at radius 2 is 1.91 bits per heavy atom. The molecule has 7 heteroatoms. The number of piperazine rings is 1. The van der Waals surface area contributed by atoms with Gasteiger partial charge in [-0.1, -0.05) is 18.2 Å². The number of carbonyl (C=O) groups is 1. The fraction of sp³-hybridized carbons (Fsp3) is 0.375. The van der Waals surface area contributed by atoms with Gasteiger partial charge < -0.3 is 15.0 Å². The molecule has 2 aromatic rings. The van der Waals surface area contributed by atoms with Gasteiger partial charge in [0.2, 0.25) is 0 Å². The Bertz CT molecular complexity index is 681. The molecule has 1 atom stereocenters. The zero-order valence-electron chi connectivity index (χ0n) is 12.9. The summed E-state index contributed by atoms with van der Waals surface area (Å²) in [6, 6.07) is 9.50. The number of H-pyrrole nitrogens is 1. The first-order valence-corrected chi connectivity index (χ1v) is 8.34. The number of aryl methyl sites for hydroxylation is 1. The lowest BCUT2D eigenvalue weighted by Gasteiger charge is -2.38. The molecule has 0 saturated carbocycles. The molecule has 23 heavy (non-hydrogen) atoms. The van der Waals surface area contributed by atoms with Crippen molar-refractivity contribution in [3.63, 3.8) is 0 Å². The molecule has 2 N–H and O–H groups in total. The lowest BCUT2D eigenvalue weighted by atomic mass is 10.1. The Kier molecular flexibility index (Phi) is 4.68. The highest BCUT2D eigenvalue weighted by Crippen LogP contribution is 2.28. The van der Waals surface area contributed by atoms with E-state index in [4.69, 9.17) is 0 Å². The maximum Gasteiger partial charge on any atom is 0.327 e. The number of carboxylic acids is 1. The van der Waals surface area contributed by atoms with Gasteiger partial charge in [-0.3, -0.25) is 9.69 Å². The molecule has 0 radical (unpaired) electrons. The number of halogens is 1. The van der Waals surface area contributed by atoms with E-state index in [1.54, 1.807) is 0 Å². The highest BCUT2D eigenvalue weighted by atomic mass is 79.9. The van der Waals surface area contributed by atoms with Crippen molar-refractivity contribution in [2.24, 2.45) is 0 Å². The maximum absolute atomic E-state index is 11.8. The van der Waals surface area contributed by atoms with Gasteiger partial charge in [0.25, 0.3) is 0 Å². The standard InChI is InChI=1S/C16H19BrN4O2/c1-11-18-13(15(17)19-11)14(16(22)23)21-9-7-20(8-10-21)12-5-3-2-4-6-12/h2-6,14H,7-10H2,1H3,(H,18,19)(H,22,23). The fourth-order valence-electron chi connectivity index (χ4n) is 3.00. The summed E-state index contributed by atoms with van der Waals surface area (Å²) in [5.41, 5.74) is 1.79. The van der Waals surface area contributed by atoms with Gasteiger partial charge in [0.15, 0.2) is 6.04 Å². The molecule has 1 aromatic heterocycles. The summed E-state index contributed by atoms with van der Waals surface area (Å²) in [4.78, 5) is 23.4. The average molecular weight is 379 g/mol. The minimum absolute atomic E-state index is 0.577. The van der Waals surface area contributed by atoms with Gasteiger partial charge in [-0.15, -0.1) is 0 Å². The van der Waals surface area contributed by atoms with Crippen LogP contribution in [-0.4, -0.2) is 52.1 Å². The number of carboxylic acid groups (broad SMARTS) is 1. The number of rotatable bonds is 4. The highest BCUT2D eigenvalue weighted by molar-refractivity contribution is 9.10. The van der Waals surface area contributed by atoms with E-state index in [9.17, 15) is 9.90 Å². The second-order valence-corrected chi connectivity index (χ2v) is 6.38. The van der Waals surface area contributed by atoms with E-state index < -0.39 is 12.0 Å². The predicted molar refractivity (Wildman–Crippen MR) is 91.6 cm³/mol. The molecule has 0 bridgehead atoms. The molecule has 0 spiro atoms. The quantitative estimate of drug-likeness (QED) is 0.854. The molecule has 1 saturated heterocycles. The van der Waals surface area contributed by atoms with Gasteiger partial charge in [-0.25, -0.2) is 4.98 Å². The number of para-hydroxylation sites is 1. The molecule has 3 rings (SSSR count). The summed E-state index contributed by atoms with van der Waals surface area (Å²) in [6.45, 7) is 4.81. The molecule has 1 aliphatic rings. The molecule has 1 aromatic carbocycles. The van der Waals surface area contributed by atoms with Crippen LogP contribution >= 0.6 is 15.9 Å². The first-order valence-electron chi connectivity index (χ1n) is 7.55. The minimum atomic E-state index is -0.859. The van der Waals surface area contributed by atoms with Crippen LogP contribution in [0.15, 0.2) is 34.9 Å². The van der Waals surface area contributed by atoms with Crippen molar-refractivity contribution in [2.45, 2.75) is 13.0 Å². The van der Waals surface area contributed by atoms with Gasteiger partial charge in [0.05, 0.1) is 5.69 Å². The number of hydrogen-bond donors (Lipinski definition) is 2. The lowest BCUT2D eigenvalue weighted by Crippen LogP contribution is -2.49. The molecular formula is C16H19BrN4O2. The summed E-state index contributed by atoms with van der Waals surface area (Å²) in [5.74, 6) is -0.149. The van der Waals surface area contributed by atoms with Crippen molar-refractivity contribution in [1.82, 2.24) is 14.9 Å². The van der Waals surface area contributed by atoms with Crippen LogP contribution < -0.4 is 4.90 Å². The van der Waals surface area contributed by atoms with Crippen molar-refractivity contribution in [1.29, 1.82) is 0 Å². The number of anilines is 1. The summed E-state index contributed by atoms with van der Waals surface area (Å²) >= 11 is 3.36. The van der Waals surface area contributed by atoms with Crippen LogP contribution in [0, 0.1) is 6.92 Å². The normalized spacial score (nSPS) is 17.2. The SMILES string of the molecule is Cc1nc(Br)c(C(C(=O)O)N2CCN(c3ccccc3)CC2)[nH]1. The van der Waals surface area contributed by atoms with Gasteiger partial charge in [-0.2, -0.15) is 0 Å².